The molecule has 1 N–H and O–H groups in total. The largest absolute Gasteiger partial charge is 0.490 e. The molecule has 3 heteroatoms. The van der Waals surface area contributed by atoms with Crippen molar-refractivity contribution < 1.29 is 9.13 Å². The Morgan fingerprint density at radius 3 is 2.47 bits per heavy atom. The molecule has 1 saturated heterocycles. The van der Waals surface area contributed by atoms with Crippen molar-refractivity contribution in [2.24, 2.45) is 0 Å². The van der Waals surface area contributed by atoms with Gasteiger partial charge in [-0.15, -0.1) is 0 Å². The molecule has 0 aliphatic carbocycles. The van der Waals surface area contributed by atoms with Crippen LogP contribution < -0.4 is 10.1 Å². The molecule has 1 heterocycles. The number of hydrogen-bond acceptors (Lipinski definition) is 2. The van der Waals surface area contributed by atoms with Gasteiger partial charge in [-0.3, -0.25) is 0 Å². The summed E-state index contributed by atoms with van der Waals surface area (Å²) >= 11 is 0. The minimum absolute atomic E-state index is 0.308. The average molecular weight is 209 g/mol. The Morgan fingerprint density at radius 2 is 1.87 bits per heavy atom. The van der Waals surface area contributed by atoms with Crippen LogP contribution in [0.5, 0.6) is 5.75 Å². The van der Waals surface area contributed by atoms with Crippen molar-refractivity contribution in [1.82, 2.24) is 5.32 Å². The van der Waals surface area contributed by atoms with E-state index < -0.39 is 6.67 Å². The van der Waals surface area contributed by atoms with E-state index in [2.05, 4.69) is 5.32 Å². The molecule has 0 saturated carbocycles. The third-order valence-corrected chi connectivity index (χ3v) is 2.67. The standard InChI is InChI=1S/C12H16FNO/c13-9-10-1-3-11(4-2-10)15-12-5-7-14-8-6-12/h1-4,12,14H,5-9H2. The Kier molecular flexibility index (Phi) is 3.56. The van der Waals surface area contributed by atoms with E-state index in [9.17, 15) is 4.39 Å². The van der Waals surface area contributed by atoms with Gasteiger partial charge in [0.25, 0.3) is 0 Å². The first-order valence-corrected chi connectivity index (χ1v) is 5.41. The van der Waals surface area contributed by atoms with E-state index in [4.69, 9.17) is 4.74 Å². The Bertz CT molecular complexity index is 293. The monoisotopic (exact) mass is 209 g/mol. The number of piperidine rings is 1. The highest BCUT2D eigenvalue weighted by Crippen LogP contribution is 2.17. The SMILES string of the molecule is FCc1ccc(OC2CCNCC2)cc1. The summed E-state index contributed by atoms with van der Waals surface area (Å²) in [6.07, 6.45) is 2.40. The lowest BCUT2D eigenvalue weighted by Gasteiger charge is -2.23. The molecule has 2 rings (SSSR count). The predicted molar refractivity (Wildman–Crippen MR) is 57.8 cm³/mol. The van der Waals surface area contributed by atoms with Crippen molar-refractivity contribution in [3.05, 3.63) is 29.8 Å². The number of nitrogens with one attached hydrogen (secondary N) is 1. The van der Waals surface area contributed by atoms with Crippen molar-refractivity contribution in [1.29, 1.82) is 0 Å². The Morgan fingerprint density at radius 1 is 1.20 bits per heavy atom. The van der Waals surface area contributed by atoms with Gasteiger partial charge in [0.1, 0.15) is 18.5 Å². The number of benzene rings is 1. The van der Waals surface area contributed by atoms with Crippen molar-refractivity contribution >= 4 is 0 Å². The Hall–Kier alpha value is -1.09. The molecule has 0 atom stereocenters. The summed E-state index contributed by atoms with van der Waals surface area (Å²) < 4.78 is 18.1. The molecule has 15 heavy (non-hydrogen) atoms. The lowest BCUT2D eigenvalue weighted by Crippen LogP contribution is -2.34. The lowest BCUT2D eigenvalue weighted by molar-refractivity contribution is 0.162. The second-order valence-corrected chi connectivity index (χ2v) is 3.84. The van der Waals surface area contributed by atoms with Crippen LogP contribution in [0.25, 0.3) is 0 Å². The van der Waals surface area contributed by atoms with Gasteiger partial charge >= 0.3 is 0 Å². The number of halogens is 1. The normalized spacial score (nSPS) is 17.7. The summed E-state index contributed by atoms with van der Waals surface area (Å²) in [5.74, 6) is 0.846. The molecule has 1 aliphatic rings. The first-order chi connectivity index (χ1) is 7.38. The molecule has 0 aromatic heterocycles. The third-order valence-electron chi connectivity index (χ3n) is 2.67. The van der Waals surface area contributed by atoms with Gasteiger partial charge in [-0.2, -0.15) is 0 Å². The number of ether oxygens (including phenoxy) is 1. The maximum atomic E-state index is 12.3. The topological polar surface area (TPSA) is 21.3 Å². The number of alkyl halides is 1. The van der Waals surface area contributed by atoms with Gasteiger partial charge < -0.3 is 10.1 Å². The first-order valence-electron chi connectivity index (χ1n) is 5.41. The summed E-state index contributed by atoms with van der Waals surface area (Å²) in [5, 5.41) is 3.29. The van der Waals surface area contributed by atoms with Crippen LogP contribution in [-0.4, -0.2) is 19.2 Å². The van der Waals surface area contributed by atoms with Crippen molar-refractivity contribution in [2.45, 2.75) is 25.6 Å². The minimum Gasteiger partial charge on any atom is -0.490 e. The second kappa shape index (κ2) is 5.12. The lowest BCUT2D eigenvalue weighted by atomic mass is 10.1. The highest BCUT2D eigenvalue weighted by atomic mass is 19.1. The summed E-state index contributed by atoms with van der Waals surface area (Å²) in [7, 11) is 0. The van der Waals surface area contributed by atoms with Gasteiger partial charge in [0, 0.05) is 0 Å². The van der Waals surface area contributed by atoms with Crippen LogP contribution in [0.1, 0.15) is 18.4 Å². The summed E-state index contributed by atoms with van der Waals surface area (Å²) in [5.41, 5.74) is 0.702. The number of hydrogen-bond donors (Lipinski definition) is 1. The fourth-order valence-corrected chi connectivity index (χ4v) is 1.76. The summed E-state index contributed by atoms with van der Waals surface area (Å²) in [4.78, 5) is 0. The summed E-state index contributed by atoms with van der Waals surface area (Å²) in [6.45, 7) is 1.63. The van der Waals surface area contributed by atoms with Crippen LogP contribution >= 0.6 is 0 Å². The van der Waals surface area contributed by atoms with E-state index in [1.807, 2.05) is 12.1 Å². The van der Waals surface area contributed by atoms with Crippen LogP contribution in [-0.2, 0) is 6.67 Å². The maximum absolute atomic E-state index is 12.3. The fourth-order valence-electron chi connectivity index (χ4n) is 1.76. The molecule has 0 radical (unpaired) electrons. The molecule has 1 aromatic carbocycles. The fraction of sp³-hybridized carbons (Fsp3) is 0.500. The highest BCUT2D eigenvalue weighted by Gasteiger charge is 2.13. The van der Waals surface area contributed by atoms with E-state index in [1.165, 1.54) is 0 Å². The Labute approximate surface area is 89.4 Å². The zero-order chi connectivity index (χ0) is 10.5. The summed E-state index contributed by atoms with van der Waals surface area (Å²) in [6, 6.07) is 7.24. The zero-order valence-corrected chi connectivity index (χ0v) is 8.71. The maximum Gasteiger partial charge on any atom is 0.119 e. The number of rotatable bonds is 3. The van der Waals surface area contributed by atoms with E-state index in [-0.39, 0.29) is 0 Å². The average Bonchev–Trinajstić information content (AvgIpc) is 2.31. The highest BCUT2D eigenvalue weighted by molar-refractivity contribution is 5.27. The molecule has 0 unspecified atom stereocenters. The van der Waals surface area contributed by atoms with Crippen LogP contribution in [0.4, 0.5) is 4.39 Å². The van der Waals surface area contributed by atoms with Gasteiger partial charge in [-0.1, -0.05) is 12.1 Å². The van der Waals surface area contributed by atoms with Crippen LogP contribution in [0.15, 0.2) is 24.3 Å². The molecule has 0 bridgehead atoms. The van der Waals surface area contributed by atoms with Crippen molar-refractivity contribution in [3.8, 4) is 5.75 Å². The van der Waals surface area contributed by atoms with E-state index in [1.54, 1.807) is 12.1 Å². The van der Waals surface area contributed by atoms with Crippen molar-refractivity contribution in [3.63, 3.8) is 0 Å². The molecular formula is C12H16FNO. The second-order valence-electron chi connectivity index (χ2n) is 3.84. The van der Waals surface area contributed by atoms with E-state index >= 15 is 0 Å². The van der Waals surface area contributed by atoms with Crippen LogP contribution in [0.3, 0.4) is 0 Å². The zero-order valence-electron chi connectivity index (χ0n) is 8.71. The quantitative estimate of drug-likeness (QED) is 0.824. The molecule has 0 amide bonds. The molecule has 2 nitrogen and oxygen atoms in total. The molecular weight excluding hydrogens is 193 g/mol. The van der Waals surface area contributed by atoms with Crippen molar-refractivity contribution in [2.75, 3.05) is 13.1 Å². The minimum atomic E-state index is -0.409. The smallest absolute Gasteiger partial charge is 0.119 e. The van der Waals surface area contributed by atoms with Gasteiger partial charge in [-0.05, 0) is 43.6 Å². The van der Waals surface area contributed by atoms with E-state index in [0.29, 0.717) is 11.7 Å². The van der Waals surface area contributed by atoms with Gasteiger partial charge in [0.15, 0.2) is 0 Å². The van der Waals surface area contributed by atoms with Gasteiger partial charge in [0.05, 0.1) is 0 Å². The third kappa shape index (κ3) is 2.93. The van der Waals surface area contributed by atoms with Gasteiger partial charge in [0.2, 0.25) is 0 Å². The predicted octanol–water partition coefficient (Wildman–Crippen LogP) is 2.29. The van der Waals surface area contributed by atoms with Crippen LogP contribution in [0.2, 0.25) is 0 Å². The van der Waals surface area contributed by atoms with Gasteiger partial charge in [-0.25, -0.2) is 4.39 Å². The molecule has 1 fully saturated rings. The molecule has 1 aliphatic heterocycles. The Balaban J connectivity index is 1.91. The van der Waals surface area contributed by atoms with Crippen LogP contribution in [0, 0.1) is 0 Å². The molecule has 1 aromatic rings. The molecule has 82 valence electrons. The first kappa shape index (κ1) is 10.4. The molecule has 0 spiro atoms. The van der Waals surface area contributed by atoms with E-state index in [0.717, 1.165) is 31.7 Å².